The molecule has 7 heteroatoms. The summed E-state index contributed by atoms with van der Waals surface area (Å²) in [5.41, 5.74) is 1.66. The minimum atomic E-state index is -0.931. The second kappa shape index (κ2) is 7.36. The summed E-state index contributed by atoms with van der Waals surface area (Å²) in [6.07, 6.45) is -0.147. The summed E-state index contributed by atoms with van der Waals surface area (Å²) in [5.74, 6) is -1.15. The molecular weight excluding hydrogens is 342 g/mol. The molecule has 0 fully saturated rings. The summed E-state index contributed by atoms with van der Waals surface area (Å²) in [5, 5.41) is 8.56. The maximum atomic E-state index is 12.3. The van der Waals surface area contributed by atoms with Crippen LogP contribution in [0.25, 0.3) is 0 Å². The van der Waals surface area contributed by atoms with Gasteiger partial charge in [-0.15, -0.1) is 0 Å². The van der Waals surface area contributed by atoms with Gasteiger partial charge in [0, 0.05) is 11.6 Å². The molecule has 0 bridgehead atoms. The zero-order chi connectivity index (χ0) is 17.8. The minimum Gasteiger partial charge on any atom is -0.352 e. The average molecular weight is 358 g/mol. The molecular formula is C18H16ClN3O3. The number of carbonyl (C=O) groups excluding carboxylic acids is 3. The number of rotatable bonds is 4. The molecule has 0 saturated carbocycles. The fourth-order valence-electron chi connectivity index (χ4n) is 2.56. The largest absolute Gasteiger partial charge is 0.352 e. The summed E-state index contributed by atoms with van der Waals surface area (Å²) in [6, 6.07) is 12.9. The van der Waals surface area contributed by atoms with Gasteiger partial charge >= 0.3 is 0 Å². The van der Waals surface area contributed by atoms with Crippen molar-refractivity contribution in [1.82, 2.24) is 10.6 Å². The topological polar surface area (TPSA) is 87.3 Å². The van der Waals surface area contributed by atoms with E-state index in [1.54, 1.807) is 42.5 Å². The Morgan fingerprint density at radius 1 is 1.12 bits per heavy atom. The van der Waals surface area contributed by atoms with Gasteiger partial charge in [-0.1, -0.05) is 35.9 Å². The first-order chi connectivity index (χ1) is 12.0. The van der Waals surface area contributed by atoms with Crippen LogP contribution in [-0.4, -0.2) is 23.8 Å². The lowest BCUT2D eigenvalue weighted by Crippen LogP contribution is -2.44. The highest BCUT2D eigenvalue weighted by molar-refractivity contribution is 6.30. The molecule has 3 amide bonds. The van der Waals surface area contributed by atoms with Gasteiger partial charge in [-0.3, -0.25) is 14.4 Å². The van der Waals surface area contributed by atoms with Crippen molar-refractivity contribution in [2.24, 2.45) is 0 Å². The number of hydrogen-bond donors (Lipinski definition) is 3. The van der Waals surface area contributed by atoms with Crippen molar-refractivity contribution in [2.45, 2.75) is 19.0 Å². The van der Waals surface area contributed by atoms with Crippen LogP contribution in [0, 0.1) is 0 Å². The molecule has 0 saturated heterocycles. The highest BCUT2D eigenvalue weighted by atomic mass is 35.5. The van der Waals surface area contributed by atoms with Crippen LogP contribution in [0.15, 0.2) is 48.5 Å². The number of hydrogen-bond acceptors (Lipinski definition) is 3. The van der Waals surface area contributed by atoms with E-state index in [2.05, 4.69) is 16.0 Å². The number of para-hydroxylation sites is 1. The Bertz CT molecular complexity index is 838. The minimum absolute atomic E-state index is 0.147. The van der Waals surface area contributed by atoms with Crippen molar-refractivity contribution in [2.75, 3.05) is 5.32 Å². The van der Waals surface area contributed by atoms with Crippen LogP contribution in [0.1, 0.15) is 22.3 Å². The number of amides is 3. The molecule has 0 aliphatic carbocycles. The van der Waals surface area contributed by atoms with Crippen molar-refractivity contribution >= 4 is 35.0 Å². The summed E-state index contributed by atoms with van der Waals surface area (Å²) >= 11 is 5.90. The zero-order valence-electron chi connectivity index (χ0n) is 13.2. The highest BCUT2D eigenvalue weighted by Gasteiger charge is 2.29. The van der Waals surface area contributed by atoms with Gasteiger partial charge in [-0.2, -0.15) is 0 Å². The number of halogens is 1. The molecule has 2 aromatic carbocycles. The molecule has 1 heterocycles. The number of anilines is 1. The maximum Gasteiger partial charge on any atom is 0.254 e. The van der Waals surface area contributed by atoms with E-state index in [0.717, 1.165) is 5.56 Å². The first kappa shape index (κ1) is 17.0. The van der Waals surface area contributed by atoms with E-state index in [1.807, 2.05) is 6.07 Å². The van der Waals surface area contributed by atoms with Gasteiger partial charge in [0.15, 0.2) is 0 Å². The van der Waals surface area contributed by atoms with Gasteiger partial charge in [0.1, 0.15) is 6.04 Å². The normalized spacial score (nSPS) is 16.3. The second-order valence-electron chi connectivity index (χ2n) is 5.67. The third-order valence-electron chi connectivity index (χ3n) is 3.82. The van der Waals surface area contributed by atoms with Gasteiger partial charge in [0.05, 0.1) is 17.7 Å². The predicted octanol–water partition coefficient (Wildman–Crippen LogP) is 2.10. The molecule has 2 aromatic rings. The smallest absolute Gasteiger partial charge is 0.254 e. The van der Waals surface area contributed by atoms with Crippen molar-refractivity contribution in [3.63, 3.8) is 0 Å². The van der Waals surface area contributed by atoms with Crippen molar-refractivity contribution < 1.29 is 14.4 Å². The molecule has 0 aromatic heterocycles. The van der Waals surface area contributed by atoms with E-state index in [4.69, 9.17) is 11.6 Å². The van der Waals surface area contributed by atoms with Crippen molar-refractivity contribution in [3.05, 3.63) is 64.7 Å². The molecule has 0 spiro atoms. The quantitative estimate of drug-likeness (QED) is 0.783. The molecule has 128 valence electrons. The zero-order valence-corrected chi connectivity index (χ0v) is 14.0. The summed E-state index contributed by atoms with van der Waals surface area (Å²) in [4.78, 5) is 36.6. The van der Waals surface area contributed by atoms with Crippen LogP contribution in [0.3, 0.4) is 0 Å². The molecule has 25 heavy (non-hydrogen) atoms. The first-order valence-electron chi connectivity index (χ1n) is 7.75. The summed E-state index contributed by atoms with van der Waals surface area (Å²) in [6.45, 7) is 0.294. The highest BCUT2D eigenvalue weighted by Crippen LogP contribution is 2.18. The maximum absolute atomic E-state index is 12.3. The van der Waals surface area contributed by atoms with E-state index in [-0.39, 0.29) is 18.2 Å². The van der Waals surface area contributed by atoms with Crippen molar-refractivity contribution in [3.8, 4) is 0 Å². The lowest BCUT2D eigenvalue weighted by atomic mass is 10.1. The monoisotopic (exact) mass is 357 g/mol. The molecule has 1 atom stereocenters. The number of fused-ring (bicyclic) bond motifs is 1. The predicted molar refractivity (Wildman–Crippen MR) is 94.2 cm³/mol. The molecule has 1 aliphatic heterocycles. The second-order valence-corrected chi connectivity index (χ2v) is 6.11. The van der Waals surface area contributed by atoms with Crippen LogP contribution in [0.4, 0.5) is 5.69 Å². The Morgan fingerprint density at radius 3 is 2.72 bits per heavy atom. The van der Waals surface area contributed by atoms with E-state index in [0.29, 0.717) is 22.8 Å². The molecule has 0 radical (unpaired) electrons. The summed E-state index contributed by atoms with van der Waals surface area (Å²) < 4.78 is 0. The Morgan fingerprint density at radius 2 is 1.92 bits per heavy atom. The fourth-order valence-corrected chi connectivity index (χ4v) is 2.77. The van der Waals surface area contributed by atoms with E-state index in [9.17, 15) is 14.4 Å². The van der Waals surface area contributed by atoms with Crippen LogP contribution >= 0.6 is 11.6 Å². The lowest BCUT2D eigenvalue weighted by Gasteiger charge is -2.14. The SMILES string of the molecule is O=C(C[C@@H]1NC(=O)c2ccccc2NC1=O)NCc1cccc(Cl)c1. The van der Waals surface area contributed by atoms with Gasteiger partial charge in [-0.25, -0.2) is 0 Å². The van der Waals surface area contributed by atoms with Gasteiger partial charge in [0.2, 0.25) is 11.8 Å². The molecule has 0 unspecified atom stereocenters. The third-order valence-corrected chi connectivity index (χ3v) is 4.05. The fraction of sp³-hybridized carbons (Fsp3) is 0.167. The Labute approximate surface area is 149 Å². The summed E-state index contributed by atoms with van der Waals surface area (Å²) in [7, 11) is 0. The van der Waals surface area contributed by atoms with Crippen LogP contribution in [0.5, 0.6) is 0 Å². The number of benzene rings is 2. The van der Waals surface area contributed by atoms with E-state index >= 15 is 0 Å². The lowest BCUT2D eigenvalue weighted by molar-refractivity contribution is -0.125. The van der Waals surface area contributed by atoms with Gasteiger partial charge in [-0.05, 0) is 29.8 Å². The van der Waals surface area contributed by atoms with Gasteiger partial charge < -0.3 is 16.0 Å². The number of nitrogens with one attached hydrogen (secondary N) is 3. The molecule has 3 N–H and O–H groups in total. The van der Waals surface area contributed by atoms with E-state index in [1.165, 1.54) is 0 Å². The Hall–Kier alpha value is -2.86. The first-order valence-corrected chi connectivity index (χ1v) is 8.12. The van der Waals surface area contributed by atoms with E-state index < -0.39 is 11.9 Å². The molecule has 6 nitrogen and oxygen atoms in total. The van der Waals surface area contributed by atoms with Gasteiger partial charge in [0.25, 0.3) is 5.91 Å². The molecule has 1 aliphatic rings. The van der Waals surface area contributed by atoms with Crippen LogP contribution in [0.2, 0.25) is 5.02 Å². The van der Waals surface area contributed by atoms with Crippen LogP contribution < -0.4 is 16.0 Å². The van der Waals surface area contributed by atoms with Crippen molar-refractivity contribution in [1.29, 1.82) is 0 Å². The number of carbonyl (C=O) groups is 3. The average Bonchev–Trinajstić information content (AvgIpc) is 2.70. The standard InChI is InChI=1S/C18H16ClN3O3/c19-12-5-3-4-11(8-12)10-20-16(23)9-15-18(25)21-14-7-2-1-6-13(14)17(24)22-15/h1-8,15H,9-10H2,(H,20,23)(H,21,25)(H,22,24)/t15-/m0/s1. The van der Waals surface area contributed by atoms with Crippen LogP contribution in [-0.2, 0) is 16.1 Å². The Kier molecular flexibility index (Phi) is 5.00. The third kappa shape index (κ3) is 4.16. The molecule has 3 rings (SSSR count). The Balaban J connectivity index is 1.62.